The van der Waals surface area contributed by atoms with Crippen molar-refractivity contribution in [2.45, 2.75) is 31.6 Å². The maximum absolute atomic E-state index is 13.6. The van der Waals surface area contributed by atoms with E-state index >= 15 is 0 Å². The van der Waals surface area contributed by atoms with Crippen molar-refractivity contribution in [2.75, 3.05) is 36.0 Å². The van der Waals surface area contributed by atoms with Crippen molar-refractivity contribution in [3.8, 4) is 23.6 Å². The van der Waals surface area contributed by atoms with Crippen molar-refractivity contribution in [2.24, 2.45) is 0 Å². The third-order valence-corrected chi connectivity index (χ3v) is 8.00. The molecule has 2 saturated heterocycles. The molecule has 0 amide bonds. The van der Waals surface area contributed by atoms with Crippen molar-refractivity contribution in [3.63, 3.8) is 0 Å². The molecule has 0 radical (unpaired) electrons. The molecule has 3 aromatic rings. The number of nitrogens with zero attached hydrogens (tertiary/aromatic N) is 4. The summed E-state index contributed by atoms with van der Waals surface area (Å²) >= 11 is 13.1. The van der Waals surface area contributed by atoms with E-state index in [1.807, 2.05) is 12.1 Å². The molecule has 5 rings (SSSR count). The van der Waals surface area contributed by atoms with E-state index in [9.17, 15) is 30.3 Å². The fourth-order valence-electron chi connectivity index (χ4n) is 5.51. The molecule has 4 heterocycles. The van der Waals surface area contributed by atoms with Gasteiger partial charge in [-0.25, -0.2) is 0 Å². The highest BCUT2D eigenvalue weighted by molar-refractivity contribution is 6.36. The predicted molar refractivity (Wildman–Crippen MR) is 147 cm³/mol. The first-order chi connectivity index (χ1) is 18.8. The van der Waals surface area contributed by atoms with E-state index in [4.69, 9.17) is 23.2 Å². The molecule has 12 heteroatoms. The van der Waals surface area contributed by atoms with E-state index in [0.29, 0.717) is 26.2 Å². The maximum atomic E-state index is 13.6. The van der Waals surface area contributed by atoms with Crippen molar-refractivity contribution >= 4 is 34.8 Å². The number of pyridine rings is 2. The zero-order chi connectivity index (χ0) is 27.8. The van der Waals surface area contributed by atoms with Crippen LogP contribution in [0.5, 0.6) is 11.5 Å². The second kappa shape index (κ2) is 10.6. The molecule has 2 aromatic heterocycles. The number of nitriles is 2. The van der Waals surface area contributed by atoms with Gasteiger partial charge in [0.25, 0.3) is 11.1 Å². The highest BCUT2D eigenvalue weighted by Crippen LogP contribution is 2.46. The molecule has 0 spiro atoms. The average Bonchev–Trinajstić information content (AvgIpc) is 3.62. The number of aromatic nitrogens is 2. The van der Waals surface area contributed by atoms with Crippen LogP contribution in [-0.4, -0.2) is 46.4 Å². The Morgan fingerprint density at radius 2 is 1.13 bits per heavy atom. The molecular formula is C27H24Cl2N6O4. The Morgan fingerprint density at radius 3 is 1.49 bits per heavy atom. The minimum Gasteiger partial charge on any atom is -0.506 e. The van der Waals surface area contributed by atoms with Crippen LogP contribution in [0.1, 0.15) is 59.4 Å². The van der Waals surface area contributed by atoms with E-state index in [2.05, 4.69) is 9.97 Å². The summed E-state index contributed by atoms with van der Waals surface area (Å²) in [5.74, 6) is -2.50. The Labute approximate surface area is 233 Å². The summed E-state index contributed by atoms with van der Waals surface area (Å²) in [6.45, 7) is 2.36. The monoisotopic (exact) mass is 566 g/mol. The predicted octanol–water partition coefficient (Wildman–Crippen LogP) is 3.91. The van der Waals surface area contributed by atoms with Crippen molar-refractivity contribution < 1.29 is 10.2 Å². The van der Waals surface area contributed by atoms with Gasteiger partial charge in [-0.15, -0.1) is 0 Å². The topological polar surface area (TPSA) is 160 Å². The number of rotatable bonds is 5. The Hall–Kier alpha value is -4.12. The Bertz CT molecular complexity index is 1540. The second-order valence-electron chi connectivity index (χ2n) is 9.56. The minimum absolute atomic E-state index is 0.0503. The normalized spacial score (nSPS) is 15.1. The van der Waals surface area contributed by atoms with Gasteiger partial charge in [0.1, 0.15) is 46.4 Å². The first-order valence-corrected chi connectivity index (χ1v) is 13.3. The lowest BCUT2D eigenvalue weighted by atomic mass is 9.83. The largest absolute Gasteiger partial charge is 0.506 e. The molecule has 2 aliphatic heterocycles. The average molecular weight is 567 g/mol. The van der Waals surface area contributed by atoms with Crippen LogP contribution in [0, 0.1) is 22.7 Å². The van der Waals surface area contributed by atoms with Gasteiger partial charge in [-0.1, -0.05) is 29.3 Å². The number of nitrogens with one attached hydrogen (secondary N) is 2. The van der Waals surface area contributed by atoms with E-state index in [1.54, 1.807) is 15.9 Å². The smallest absolute Gasteiger partial charge is 0.257 e. The summed E-state index contributed by atoms with van der Waals surface area (Å²) in [5, 5.41) is 42.9. The van der Waals surface area contributed by atoms with Crippen LogP contribution in [0.4, 0.5) is 11.6 Å². The van der Waals surface area contributed by atoms with E-state index < -0.39 is 39.7 Å². The number of hydrogen-bond acceptors (Lipinski definition) is 8. The third kappa shape index (κ3) is 4.46. The van der Waals surface area contributed by atoms with Gasteiger partial charge in [-0.2, -0.15) is 10.5 Å². The van der Waals surface area contributed by atoms with Gasteiger partial charge in [0.2, 0.25) is 0 Å². The summed E-state index contributed by atoms with van der Waals surface area (Å²) in [7, 11) is 0. The zero-order valence-electron chi connectivity index (χ0n) is 20.7. The highest BCUT2D eigenvalue weighted by Gasteiger charge is 2.36. The summed E-state index contributed by atoms with van der Waals surface area (Å²) in [5.41, 5.74) is -2.72. The van der Waals surface area contributed by atoms with Crippen LogP contribution >= 0.6 is 23.2 Å². The van der Waals surface area contributed by atoms with Gasteiger partial charge < -0.3 is 30.0 Å². The minimum atomic E-state index is -1.52. The Balaban J connectivity index is 1.84. The third-order valence-electron chi connectivity index (χ3n) is 7.34. The standard InChI is InChI=1S/C27H24Cl2N6O4/c28-16-6-5-7-17(29)18(16)19(20-22(36)14(12-30)24(32-26(20)38)34-8-1-2-9-34)21-23(37)15(13-31)25(33-27(21)39)35-10-3-4-11-35/h5-7,19H,1-4,8-11H2,(H2,32,36,38)(H2,33,37,39). The number of H-pyrrole nitrogens is 2. The first-order valence-electron chi connectivity index (χ1n) is 12.5. The van der Waals surface area contributed by atoms with Gasteiger partial charge in [-0.05, 0) is 37.8 Å². The molecular weight excluding hydrogens is 543 g/mol. The summed E-state index contributed by atoms with van der Waals surface area (Å²) in [6, 6.07) is 8.45. The van der Waals surface area contributed by atoms with Gasteiger partial charge in [-0.3, -0.25) is 9.59 Å². The van der Waals surface area contributed by atoms with Crippen molar-refractivity contribution in [3.05, 3.63) is 76.8 Å². The van der Waals surface area contributed by atoms with Crippen LogP contribution < -0.4 is 20.9 Å². The van der Waals surface area contributed by atoms with Crippen LogP contribution in [0.3, 0.4) is 0 Å². The number of aromatic amines is 2. The fourth-order valence-corrected chi connectivity index (χ4v) is 6.12. The SMILES string of the molecule is N#Cc1c(N2CCCC2)[nH]c(=O)c(C(c2c(Cl)cccc2Cl)c2c(O)c(C#N)c(N3CCCC3)[nH]c2=O)c1O. The zero-order valence-corrected chi connectivity index (χ0v) is 22.2. The molecule has 10 nitrogen and oxygen atoms in total. The van der Waals surface area contributed by atoms with E-state index in [0.717, 1.165) is 25.7 Å². The lowest BCUT2D eigenvalue weighted by Gasteiger charge is -2.26. The van der Waals surface area contributed by atoms with Crippen LogP contribution in [0.25, 0.3) is 0 Å². The quantitative estimate of drug-likeness (QED) is 0.361. The molecule has 0 unspecified atom stereocenters. The second-order valence-corrected chi connectivity index (χ2v) is 10.4. The fraction of sp³-hybridized carbons (Fsp3) is 0.333. The van der Waals surface area contributed by atoms with Gasteiger partial charge in [0.15, 0.2) is 0 Å². The van der Waals surface area contributed by atoms with E-state index in [-0.39, 0.29) is 38.4 Å². The van der Waals surface area contributed by atoms with E-state index in [1.165, 1.54) is 12.1 Å². The van der Waals surface area contributed by atoms with Crippen LogP contribution in [-0.2, 0) is 0 Å². The number of anilines is 2. The molecule has 0 aliphatic carbocycles. The van der Waals surface area contributed by atoms with Crippen molar-refractivity contribution in [1.29, 1.82) is 10.5 Å². The maximum Gasteiger partial charge on any atom is 0.257 e. The number of benzene rings is 1. The summed E-state index contributed by atoms with van der Waals surface area (Å²) in [4.78, 5) is 36.3. The van der Waals surface area contributed by atoms with Crippen LogP contribution in [0.2, 0.25) is 10.0 Å². The lowest BCUT2D eigenvalue weighted by Crippen LogP contribution is -2.30. The molecule has 2 aliphatic rings. The summed E-state index contributed by atoms with van der Waals surface area (Å²) < 4.78 is 0. The van der Waals surface area contributed by atoms with Crippen molar-refractivity contribution in [1.82, 2.24) is 9.97 Å². The number of hydrogen-bond donors (Lipinski definition) is 4. The molecule has 0 bridgehead atoms. The highest BCUT2D eigenvalue weighted by atomic mass is 35.5. The molecule has 0 atom stereocenters. The van der Waals surface area contributed by atoms with Crippen LogP contribution in [0.15, 0.2) is 27.8 Å². The Morgan fingerprint density at radius 1 is 0.744 bits per heavy atom. The number of aromatic hydroxyl groups is 2. The molecule has 4 N–H and O–H groups in total. The summed E-state index contributed by atoms with van der Waals surface area (Å²) in [6.07, 6.45) is 3.43. The molecule has 1 aromatic carbocycles. The number of halogens is 2. The first kappa shape index (κ1) is 26.5. The van der Waals surface area contributed by atoms with Gasteiger partial charge >= 0.3 is 0 Å². The lowest BCUT2D eigenvalue weighted by molar-refractivity contribution is 0.453. The molecule has 200 valence electrons. The molecule has 39 heavy (non-hydrogen) atoms. The van der Waals surface area contributed by atoms with Gasteiger partial charge in [0.05, 0.1) is 17.0 Å². The molecule has 0 saturated carbocycles. The Kier molecular flexibility index (Phi) is 7.17. The molecule has 2 fully saturated rings. The van der Waals surface area contributed by atoms with Gasteiger partial charge in [0, 0.05) is 41.8 Å².